The van der Waals surface area contributed by atoms with Crippen LogP contribution in [0.25, 0.3) is 28.6 Å². The average molecular weight is 399 g/mol. The Hall–Kier alpha value is -3.79. The van der Waals surface area contributed by atoms with Crippen molar-refractivity contribution in [1.82, 2.24) is 14.0 Å². The number of hydrogen-bond acceptors (Lipinski definition) is 1. The highest BCUT2D eigenvalue weighted by atomic mass is 15.2. The van der Waals surface area contributed by atoms with E-state index in [1.807, 2.05) is 12.2 Å². The van der Waals surface area contributed by atoms with Crippen molar-refractivity contribution in [3.8, 4) is 5.69 Å². The van der Waals surface area contributed by atoms with Gasteiger partial charge in [-0.1, -0.05) is 84.4 Å². The SMILES string of the molecule is C=C/C=C\c1c(C)nc2n3c4c(cccc4n12)B(c1ccccc1C)c1ccccc1-3. The molecule has 31 heavy (non-hydrogen) atoms. The Morgan fingerprint density at radius 1 is 0.871 bits per heavy atom. The number of aromatic nitrogens is 3. The molecule has 0 saturated carbocycles. The molecule has 0 atom stereocenters. The van der Waals surface area contributed by atoms with E-state index in [9.17, 15) is 0 Å². The predicted octanol–water partition coefficient (Wildman–Crippen LogP) is 3.92. The van der Waals surface area contributed by atoms with E-state index in [0.717, 1.165) is 17.2 Å². The van der Waals surface area contributed by atoms with Crippen LogP contribution in [0.5, 0.6) is 0 Å². The number of aryl methyl sites for hydroxylation is 2. The standard InChI is InChI=1S/C27H22BN3/c1-4-5-15-23-19(3)29-27-30(23)25-17-10-14-22-26(25)31(27)24-16-9-8-13-21(24)28(22)20-12-7-6-11-18(20)2/h4-17H,1H2,2-3H3/b15-5-. The third-order valence-corrected chi connectivity index (χ3v) is 6.48. The molecule has 0 fully saturated rings. The molecule has 0 bridgehead atoms. The number of para-hydroxylation sites is 2. The van der Waals surface area contributed by atoms with Crippen LogP contribution < -0.4 is 16.4 Å². The summed E-state index contributed by atoms with van der Waals surface area (Å²) < 4.78 is 4.62. The molecule has 6 rings (SSSR count). The molecule has 0 amide bonds. The van der Waals surface area contributed by atoms with Gasteiger partial charge in [-0.05, 0) is 43.0 Å². The Morgan fingerprint density at radius 3 is 2.42 bits per heavy atom. The number of benzene rings is 3. The Kier molecular flexibility index (Phi) is 3.84. The van der Waals surface area contributed by atoms with Crippen LogP contribution in [0.15, 0.2) is 85.5 Å². The lowest BCUT2D eigenvalue weighted by atomic mass is 9.35. The Bertz CT molecular complexity index is 1530. The van der Waals surface area contributed by atoms with Crippen LogP contribution in [-0.4, -0.2) is 20.7 Å². The molecule has 0 aliphatic carbocycles. The van der Waals surface area contributed by atoms with E-state index in [4.69, 9.17) is 4.98 Å². The van der Waals surface area contributed by atoms with E-state index < -0.39 is 0 Å². The summed E-state index contributed by atoms with van der Waals surface area (Å²) >= 11 is 0. The molecule has 0 spiro atoms. The molecule has 0 N–H and O–H groups in total. The Morgan fingerprint density at radius 2 is 1.61 bits per heavy atom. The fourth-order valence-corrected chi connectivity index (χ4v) is 5.15. The second kappa shape index (κ2) is 6.61. The molecule has 4 heteroatoms. The van der Waals surface area contributed by atoms with Gasteiger partial charge >= 0.3 is 0 Å². The van der Waals surface area contributed by atoms with Crippen LogP contribution in [0.3, 0.4) is 0 Å². The normalized spacial score (nSPS) is 12.8. The zero-order valence-corrected chi connectivity index (χ0v) is 17.7. The first kappa shape index (κ1) is 18.0. The summed E-state index contributed by atoms with van der Waals surface area (Å²) in [4.78, 5) is 5.00. The third kappa shape index (κ3) is 2.39. The quantitative estimate of drug-likeness (QED) is 0.327. The van der Waals surface area contributed by atoms with Crippen molar-refractivity contribution in [1.29, 1.82) is 0 Å². The monoisotopic (exact) mass is 399 g/mol. The van der Waals surface area contributed by atoms with Gasteiger partial charge in [-0.3, -0.25) is 8.97 Å². The van der Waals surface area contributed by atoms with Crippen LogP contribution in [0, 0.1) is 13.8 Å². The van der Waals surface area contributed by atoms with Crippen molar-refractivity contribution in [3.63, 3.8) is 0 Å². The minimum atomic E-state index is 0.196. The second-order valence-corrected chi connectivity index (χ2v) is 8.21. The van der Waals surface area contributed by atoms with Gasteiger partial charge in [-0.15, -0.1) is 0 Å². The summed E-state index contributed by atoms with van der Waals surface area (Å²) in [6.45, 7) is 8.31. The van der Waals surface area contributed by atoms with Gasteiger partial charge in [-0.25, -0.2) is 4.98 Å². The van der Waals surface area contributed by atoms with Gasteiger partial charge in [0.05, 0.1) is 22.4 Å². The van der Waals surface area contributed by atoms with Gasteiger partial charge in [-0.2, -0.15) is 0 Å². The van der Waals surface area contributed by atoms with E-state index in [2.05, 4.69) is 102 Å². The molecule has 148 valence electrons. The summed E-state index contributed by atoms with van der Waals surface area (Å²) in [6.07, 6.45) is 5.89. The highest BCUT2D eigenvalue weighted by Crippen LogP contribution is 2.29. The van der Waals surface area contributed by atoms with Gasteiger partial charge in [0, 0.05) is 5.69 Å². The van der Waals surface area contributed by atoms with E-state index in [-0.39, 0.29) is 6.71 Å². The number of rotatable bonds is 3. The first-order chi connectivity index (χ1) is 15.2. The Balaban J connectivity index is 1.80. The van der Waals surface area contributed by atoms with Crippen LogP contribution in [0.2, 0.25) is 0 Å². The minimum Gasteiger partial charge on any atom is -0.279 e. The maximum atomic E-state index is 5.00. The van der Waals surface area contributed by atoms with Crippen molar-refractivity contribution < 1.29 is 0 Å². The van der Waals surface area contributed by atoms with Crippen molar-refractivity contribution in [2.75, 3.05) is 0 Å². The number of imidazole rings is 2. The average Bonchev–Trinajstić information content (AvgIpc) is 3.28. The highest BCUT2D eigenvalue weighted by molar-refractivity contribution is 6.98. The van der Waals surface area contributed by atoms with E-state index in [0.29, 0.717) is 0 Å². The molecule has 1 aliphatic rings. The van der Waals surface area contributed by atoms with E-state index in [1.54, 1.807) is 0 Å². The lowest BCUT2D eigenvalue weighted by Crippen LogP contribution is -2.56. The van der Waals surface area contributed by atoms with Crippen LogP contribution >= 0.6 is 0 Å². The topological polar surface area (TPSA) is 22.2 Å². The van der Waals surface area contributed by atoms with Crippen LogP contribution in [0.4, 0.5) is 0 Å². The summed E-state index contributed by atoms with van der Waals surface area (Å²) in [5.41, 5.74) is 11.1. The van der Waals surface area contributed by atoms with Crippen LogP contribution in [0.1, 0.15) is 17.0 Å². The van der Waals surface area contributed by atoms with E-state index in [1.165, 1.54) is 38.7 Å². The third-order valence-electron chi connectivity index (χ3n) is 6.48. The molecule has 3 nitrogen and oxygen atoms in total. The van der Waals surface area contributed by atoms with Gasteiger partial charge < -0.3 is 0 Å². The zero-order chi connectivity index (χ0) is 21.1. The van der Waals surface area contributed by atoms with Crippen molar-refractivity contribution in [2.24, 2.45) is 0 Å². The van der Waals surface area contributed by atoms with Crippen molar-refractivity contribution >= 4 is 46.0 Å². The minimum absolute atomic E-state index is 0.196. The summed E-state index contributed by atoms with van der Waals surface area (Å²) in [5.74, 6) is 0.958. The molecule has 0 saturated heterocycles. The van der Waals surface area contributed by atoms with E-state index >= 15 is 0 Å². The maximum absolute atomic E-state index is 5.00. The highest BCUT2D eigenvalue weighted by Gasteiger charge is 2.34. The lowest BCUT2D eigenvalue weighted by molar-refractivity contribution is 1.10. The van der Waals surface area contributed by atoms with Gasteiger partial charge in [0.15, 0.2) is 0 Å². The zero-order valence-electron chi connectivity index (χ0n) is 17.7. The molecule has 1 aliphatic heterocycles. The van der Waals surface area contributed by atoms with Gasteiger partial charge in [0.25, 0.3) is 0 Å². The molecule has 0 unspecified atom stereocenters. The molecular formula is C27H22BN3. The predicted molar refractivity (Wildman–Crippen MR) is 132 cm³/mol. The second-order valence-electron chi connectivity index (χ2n) is 8.21. The molecule has 3 aromatic carbocycles. The van der Waals surface area contributed by atoms with Gasteiger partial charge in [0.2, 0.25) is 12.5 Å². The van der Waals surface area contributed by atoms with Gasteiger partial charge in [0.1, 0.15) is 0 Å². The molecule has 2 aromatic heterocycles. The Labute approximate surface area is 182 Å². The lowest BCUT2D eigenvalue weighted by Gasteiger charge is -2.26. The number of hydrogen-bond donors (Lipinski definition) is 0. The van der Waals surface area contributed by atoms with Crippen LogP contribution in [-0.2, 0) is 0 Å². The summed E-state index contributed by atoms with van der Waals surface area (Å²) in [7, 11) is 0. The fourth-order valence-electron chi connectivity index (χ4n) is 5.15. The maximum Gasteiger partial charge on any atom is 0.247 e. The molecule has 3 heterocycles. The first-order valence-corrected chi connectivity index (χ1v) is 10.7. The summed E-state index contributed by atoms with van der Waals surface area (Å²) in [6, 6.07) is 24.1. The molecule has 5 aromatic rings. The number of nitrogens with zero attached hydrogens (tertiary/aromatic N) is 3. The largest absolute Gasteiger partial charge is 0.279 e. The first-order valence-electron chi connectivity index (χ1n) is 10.7. The van der Waals surface area contributed by atoms with Crippen molar-refractivity contribution in [3.05, 3.63) is 102 Å². The fraction of sp³-hybridized carbons (Fsp3) is 0.0741. The van der Waals surface area contributed by atoms with Crippen molar-refractivity contribution in [2.45, 2.75) is 13.8 Å². The molecule has 0 radical (unpaired) electrons. The number of fused-ring (bicyclic) bond motifs is 5. The number of allylic oxidation sites excluding steroid dienone is 2. The summed E-state index contributed by atoms with van der Waals surface area (Å²) in [5, 5.41) is 0. The molecular weight excluding hydrogens is 377 g/mol. The smallest absolute Gasteiger partial charge is 0.247 e.